The van der Waals surface area contributed by atoms with Gasteiger partial charge in [0.25, 0.3) is 0 Å². The standard InChI is InChI=1S/C7H13BrN2/c8-6-4-2-1-3-5-7(9)10-6/h4,7,10H,1-3,5,9H2. The average molecular weight is 205 g/mol. The minimum absolute atomic E-state index is 0.130. The number of hydrogen-bond acceptors (Lipinski definition) is 2. The number of nitrogens with one attached hydrogen (secondary N) is 1. The number of nitrogens with two attached hydrogens (primary N) is 1. The lowest BCUT2D eigenvalue weighted by Gasteiger charge is -2.16. The summed E-state index contributed by atoms with van der Waals surface area (Å²) in [5, 5.41) is 3.14. The summed E-state index contributed by atoms with van der Waals surface area (Å²) < 4.78 is 1.04. The molecule has 0 saturated heterocycles. The van der Waals surface area contributed by atoms with Crippen LogP contribution in [-0.4, -0.2) is 6.17 Å². The molecule has 0 aromatic carbocycles. The maximum absolute atomic E-state index is 5.71. The van der Waals surface area contributed by atoms with E-state index in [1.54, 1.807) is 0 Å². The number of halogens is 1. The SMILES string of the molecule is NC1CCCCC=C(Br)N1. The van der Waals surface area contributed by atoms with Gasteiger partial charge in [-0.25, -0.2) is 0 Å². The van der Waals surface area contributed by atoms with E-state index in [0.29, 0.717) is 0 Å². The zero-order valence-electron chi connectivity index (χ0n) is 5.94. The quantitative estimate of drug-likeness (QED) is 0.590. The molecule has 0 fully saturated rings. The highest BCUT2D eigenvalue weighted by molar-refractivity contribution is 9.11. The maximum atomic E-state index is 5.71. The van der Waals surface area contributed by atoms with Gasteiger partial charge in [0, 0.05) is 0 Å². The van der Waals surface area contributed by atoms with E-state index >= 15 is 0 Å². The van der Waals surface area contributed by atoms with Gasteiger partial charge in [-0.1, -0.05) is 6.08 Å². The molecule has 10 heavy (non-hydrogen) atoms. The van der Waals surface area contributed by atoms with Gasteiger partial charge < -0.3 is 11.1 Å². The summed E-state index contributed by atoms with van der Waals surface area (Å²) in [6, 6.07) is 0. The van der Waals surface area contributed by atoms with E-state index in [1.165, 1.54) is 12.8 Å². The van der Waals surface area contributed by atoms with Crippen LogP contribution in [-0.2, 0) is 0 Å². The molecule has 1 unspecified atom stereocenters. The van der Waals surface area contributed by atoms with Gasteiger partial charge in [0.05, 0.1) is 10.8 Å². The molecule has 0 spiro atoms. The van der Waals surface area contributed by atoms with E-state index in [-0.39, 0.29) is 6.17 Å². The molecule has 0 radical (unpaired) electrons. The van der Waals surface area contributed by atoms with Gasteiger partial charge in [-0.05, 0) is 41.6 Å². The molecule has 1 aliphatic heterocycles. The molecule has 2 nitrogen and oxygen atoms in total. The molecule has 3 N–H and O–H groups in total. The van der Waals surface area contributed by atoms with Gasteiger partial charge in [0.15, 0.2) is 0 Å². The fourth-order valence-corrected chi connectivity index (χ4v) is 1.57. The van der Waals surface area contributed by atoms with Crippen LogP contribution >= 0.6 is 15.9 Å². The normalized spacial score (nSPS) is 27.8. The summed E-state index contributed by atoms with van der Waals surface area (Å²) >= 11 is 3.38. The largest absolute Gasteiger partial charge is 0.365 e. The summed E-state index contributed by atoms with van der Waals surface area (Å²) in [6.45, 7) is 0. The number of hydrogen-bond donors (Lipinski definition) is 2. The van der Waals surface area contributed by atoms with Gasteiger partial charge in [0.2, 0.25) is 0 Å². The van der Waals surface area contributed by atoms with E-state index in [0.717, 1.165) is 17.4 Å². The minimum atomic E-state index is 0.130. The topological polar surface area (TPSA) is 38.0 Å². The van der Waals surface area contributed by atoms with Crippen LogP contribution < -0.4 is 11.1 Å². The van der Waals surface area contributed by atoms with E-state index in [2.05, 4.69) is 27.3 Å². The van der Waals surface area contributed by atoms with E-state index < -0.39 is 0 Å². The van der Waals surface area contributed by atoms with Gasteiger partial charge in [-0.15, -0.1) is 0 Å². The molecule has 3 heteroatoms. The zero-order valence-corrected chi connectivity index (χ0v) is 7.52. The predicted octanol–water partition coefficient (Wildman–Crippen LogP) is 1.67. The Morgan fingerprint density at radius 2 is 2.40 bits per heavy atom. The molecule has 1 heterocycles. The first-order valence-electron chi connectivity index (χ1n) is 3.67. The van der Waals surface area contributed by atoms with Crippen molar-refractivity contribution >= 4 is 15.9 Å². The van der Waals surface area contributed by atoms with E-state index in [1.807, 2.05) is 0 Å². The Balaban J connectivity index is 2.43. The summed E-state index contributed by atoms with van der Waals surface area (Å²) in [6.07, 6.45) is 6.98. The third-order valence-electron chi connectivity index (χ3n) is 1.62. The molecule has 58 valence electrons. The second-order valence-corrected chi connectivity index (χ2v) is 3.44. The molecular formula is C7H13BrN2. The van der Waals surface area contributed by atoms with Crippen LogP contribution in [0.4, 0.5) is 0 Å². The first-order valence-corrected chi connectivity index (χ1v) is 4.46. The highest BCUT2D eigenvalue weighted by Gasteiger charge is 2.04. The molecular weight excluding hydrogens is 192 g/mol. The highest BCUT2D eigenvalue weighted by Crippen LogP contribution is 2.11. The minimum Gasteiger partial charge on any atom is -0.365 e. The Morgan fingerprint density at radius 1 is 1.60 bits per heavy atom. The summed E-state index contributed by atoms with van der Waals surface area (Å²) in [4.78, 5) is 0. The van der Waals surface area contributed by atoms with Gasteiger partial charge in [-0.3, -0.25) is 0 Å². The smallest absolute Gasteiger partial charge is 0.0751 e. The fourth-order valence-electron chi connectivity index (χ4n) is 1.05. The molecule has 0 amide bonds. The second-order valence-electron chi connectivity index (χ2n) is 2.59. The molecule has 0 saturated carbocycles. The molecule has 1 rings (SSSR count). The first-order chi connectivity index (χ1) is 4.79. The van der Waals surface area contributed by atoms with Crippen LogP contribution in [0.15, 0.2) is 10.7 Å². The van der Waals surface area contributed by atoms with Gasteiger partial charge >= 0.3 is 0 Å². The highest BCUT2D eigenvalue weighted by atomic mass is 79.9. The van der Waals surface area contributed by atoms with Crippen molar-refractivity contribution in [1.29, 1.82) is 0 Å². The van der Waals surface area contributed by atoms with Crippen LogP contribution in [0.3, 0.4) is 0 Å². The number of allylic oxidation sites excluding steroid dienone is 1. The molecule has 0 aliphatic carbocycles. The van der Waals surface area contributed by atoms with Crippen LogP contribution in [0.25, 0.3) is 0 Å². The summed E-state index contributed by atoms with van der Waals surface area (Å²) in [5.41, 5.74) is 5.71. The third kappa shape index (κ3) is 2.71. The van der Waals surface area contributed by atoms with Crippen molar-refractivity contribution in [3.05, 3.63) is 10.7 Å². The Bertz CT molecular complexity index is 134. The lowest BCUT2D eigenvalue weighted by molar-refractivity contribution is 0.512. The average Bonchev–Trinajstić information content (AvgIpc) is 1.83. The molecule has 0 aromatic heterocycles. The van der Waals surface area contributed by atoms with E-state index in [9.17, 15) is 0 Å². The molecule has 1 atom stereocenters. The van der Waals surface area contributed by atoms with Crippen LogP contribution in [0.1, 0.15) is 25.7 Å². The van der Waals surface area contributed by atoms with Crippen molar-refractivity contribution in [2.24, 2.45) is 5.73 Å². The van der Waals surface area contributed by atoms with Crippen molar-refractivity contribution in [2.75, 3.05) is 0 Å². The Kier molecular flexibility index (Phi) is 3.22. The van der Waals surface area contributed by atoms with Gasteiger partial charge in [0.1, 0.15) is 0 Å². The van der Waals surface area contributed by atoms with Crippen molar-refractivity contribution in [1.82, 2.24) is 5.32 Å². The Labute approximate surface area is 70.0 Å². The Hall–Kier alpha value is -0.0200. The van der Waals surface area contributed by atoms with Crippen LogP contribution in [0, 0.1) is 0 Å². The number of rotatable bonds is 0. The van der Waals surface area contributed by atoms with Crippen molar-refractivity contribution in [3.8, 4) is 0 Å². The van der Waals surface area contributed by atoms with Gasteiger partial charge in [-0.2, -0.15) is 0 Å². The predicted molar refractivity (Wildman–Crippen MR) is 46.6 cm³/mol. The lowest BCUT2D eigenvalue weighted by Crippen LogP contribution is -2.35. The van der Waals surface area contributed by atoms with Crippen molar-refractivity contribution < 1.29 is 0 Å². The Morgan fingerprint density at radius 3 is 3.20 bits per heavy atom. The third-order valence-corrected chi connectivity index (χ3v) is 2.17. The zero-order chi connectivity index (χ0) is 7.40. The second kappa shape index (κ2) is 3.98. The van der Waals surface area contributed by atoms with Crippen LogP contribution in [0.5, 0.6) is 0 Å². The maximum Gasteiger partial charge on any atom is 0.0751 e. The van der Waals surface area contributed by atoms with E-state index in [4.69, 9.17) is 5.73 Å². The monoisotopic (exact) mass is 204 g/mol. The molecule has 0 aromatic rings. The first kappa shape index (κ1) is 8.08. The molecule has 1 aliphatic rings. The van der Waals surface area contributed by atoms with Crippen molar-refractivity contribution in [2.45, 2.75) is 31.8 Å². The molecule has 0 bridgehead atoms. The van der Waals surface area contributed by atoms with Crippen LogP contribution in [0.2, 0.25) is 0 Å². The lowest BCUT2D eigenvalue weighted by atomic mass is 10.1. The van der Waals surface area contributed by atoms with Crippen molar-refractivity contribution in [3.63, 3.8) is 0 Å². The summed E-state index contributed by atoms with van der Waals surface area (Å²) in [5.74, 6) is 0. The summed E-state index contributed by atoms with van der Waals surface area (Å²) in [7, 11) is 0. The fraction of sp³-hybridized carbons (Fsp3) is 0.714.